The molecule has 1 atom stereocenters. The molecule has 1 unspecified atom stereocenters. The monoisotopic (exact) mass is 441 g/mol. The topological polar surface area (TPSA) is 76.8 Å². The summed E-state index contributed by atoms with van der Waals surface area (Å²) in [5.74, 6) is -0.375. The number of carbonyl (C=O) groups is 1. The van der Waals surface area contributed by atoms with Gasteiger partial charge in [0.05, 0.1) is 51.3 Å². The summed E-state index contributed by atoms with van der Waals surface area (Å²) in [4.78, 5) is 14.6. The van der Waals surface area contributed by atoms with Gasteiger partial charge in [0, 0.05) is 25.7 Å². The molecule has 6 nitrogen and oxygen atoms in total. The molecule has 0 bridgehead atoms. The van der Waals surface area contributed by atoms with Crippen molar-refractivity contribution < 1.29 is 18.7 Å². The number of morpholine rings is 1. The highest BCUT2D eigenvalue weighted by Crippen LogP contribution is 2.29. The molecule has 0 saturated carbocycles. The number of hydrogen-bond donors (Lipinski definition) is 2. The standard InChI is InChI=1S/C21H23B2ClFN3O3/c1-2-30-19-10-18(26)17(24)9-16(19)20(29)27-11-15-12-28(7-8-31-15)21(22,23)13-3-5-14(25)6-4-13/h3-6,9-10,15H,2,7-8,11-12,26H2,1H3,(H,27,29). The second-order valence-corrected chi connectivity index (χ2v) is 7.69. The molecule has 1 saturated heterocycles. The van der Waals surface area contributed by atoms with Crippen LogP contribution in [0.4, 0.5) is 10.1 Å². The minimum Gasteiger partial charge on any atom is -0.493 e. The lowest BCUT2D eigenvalue weighted by Gasteiger charge is -2.45. The van der Waals surface area contributed by atoms with Gasteiger partial charge >= 0.3 is 0 Å². The number of amides is 1. The smallest absolute Gasteiger partial charge is 0.255 e. The Balaban J connectivity index is 1.65. The van der Waals surface area contributed by atoms with Gasteiger partial charge < -0.3 is 25.4 Å². The van der Waals surface area contributed by atoms with Gasteiger partial charge in [0.2, 0.25) is 0 Å². The Labute approximate surface area is 189 Å². The number of nitrogen functional groups attached to an aromatic ring is 1. The maximum absolute atomic E-state index is 13.2. The first-order chi connectivity index (χ1) is 14.7. The van der Waals surface area contributed by atoms with Gasteiger partial charge in [-0.2, -0.15) is 0 Å². The Kier molecular flexibility index (Phi) is 7.51. The van der Waals surface area contributed by atoms with Crippen LogP contribution in [0.1, 0.15) is 22.8 Å². The van der Waals surface area contributed by atoms with E-state index >= 15 is 0 Å². The molecule has 1 aliphatic heterocycles. The van der Waals surface area contributed by atoms with Crippen LogP contribution in [-0.2, 0) is 10.1 Å². The van der Waals surface area contributed by atoms with Crippen LogP contribution in [0.5, 0.6) is 5.75 Å². The second-order valence-electron chi connectivity index (χ2n) is 7.28. The largest absolute Gasteiger partial charge is 0.493 e. The number of nitrogens with zero attached hydrogens (tertiary/aromatic N) is 1. The van der Waals surface area contributed by atoms with E-state index in [4.69, 9.17) is 42.5 Å². The fourth-order valence-electron chi connectivity index (χ4n) is 3.40. The highest BCUT2D eigenvalue weighted by molar-refractivity contribution is 6.39. The van der Waals surface area contributed by atoms with E-state index in [9.17, 15) is 9.18 Å². The van der Waals surface area contributed by atoms with E-state index in [1.807, 2.05) is 11.8 Å². The minimum atomic E-state index is -1.30. The fraction of sp³-hybridized carbons (Fsp3) is 0.381. The van der Waals surface area contributed by atoms with Crippen molar-refractivity contribution in [3.8, 4) is 5.75 Å². The molecule has 2 aromatic carbocycles. The van der Waals surface area contributed by atoms with E-state index in [1.165, 1.54) is 24.3 Å². The van der Waals surface area contributed by atoms with E-state index in [-0.39, 0.29) is 35.0 Å². The molecule has 2 aromatic rings. The molecule has 31 heavy (non-hydrogen) atoms. The molecule has 0 aliphatic carbocycles. The zero-order valence-electron chi connectivity index (χ0n) is 17.2. The number of carbonyl (C=O) groups excluding carboxylic acids is 1. The van der Waals surface area contributed by atoms with Crippen molar-refractivity contribution in [2.45, 2.75) is 18.4 Å². The molecule has 1 fully saturated rings. The summed E-state index contributed by atoms with van der Waals surface area (Å²) in [5, 5.41) is 1.80. The number of rotatable bonds is 7. The quantitative estimate of drug-likeness (QED) is 0.508. The van der Waals surface area contributed by atoms with Crippen LogP contribution < -0.4 is 15.8 Å². The first-order valence-electron chi connectivity index (χ1n) is 9.92. The number of hydrogen-bond acceptors (Lipinski definition) is 5. The summed E-state index contributed by atoms with van der Waals surface area (Å²) in [5.41, 5.74) is 7.00. The number of benzene rings is 2. The number of ether oxygens (including phenoxy) is 2. The maximum atomic E-state index is 13.2. The average molecular weight is 442 g/mol. The van der Waals surface area contributed by atoms with Crippen molar-refractivity contribution in [2.75, 3.05) is 38.6 Å². The zero-order chi connectivity index (χ0) is 22.6. The van der Waals surface area contributed by atoms with E-state index in [1.54, 1.807) is 12.1 Å². The minimum absolute atomic E-state index is 0.225. The van der Waals surface area contributed by atoms with Crippen LogP contribution in [0.3, 0.4) is 0 Å². The Morgan fingerprint density at radius 2 is 2.10 bits per heavy atom. The lowest BCUT2D eigenvalue weighted by atomic mass is 9.56. The van der Waals surface area contributed by atoms with Crippen LogP contribution >= 0.6 is 11.6 Å². The van der Waals surface area contributed by atoms with E-state index < -0.39 is 5.34 Å². The summed E-state index contributed by atoms with van der Waals surface area (Å²) in [6.45, 7) is 3.67. The van der Waals surface area contributed by atoms with Gasteiger partial charge in [0.1, 0.15) is 11.6 Å². The summed E-state index contributed by atoms with van der Waals surface area (Å²) in [6.07, 6.45) is -0.343. The third kappa shape index (κ3) is 5.53. The van der Waals surface area contributed by atoms with Crippen molar-refractivity contribution in [1.82, 2.24) is 10.2 Å². The SMILES string of the molecule is [B]C([B])(c1ccc(F)cc1)N1CCOC(CNC(=O)c2cc(Cl)c(N)cc2OCC)C1. The summed E-state index contributed by atoms with van der Waals surface area (Å²) in [7, 11) is 12.7. The predicted octanol–water partition coefficient (Wildman–Crippen LogP) is 2.04. The number of nitrogens with one attached hydrogen (secondary N) is 1. The van der Waals surface area contributed by atoms with Crippen LogP contribution in [0.25, 0.3) is 0 Å². The van der Waals surface area contributed by atoms with E-state index in [0.717, 1.165) is 0 Å². The lowest BCUT2D eigenvalue weighted by Crippen LogP contribution is -2.56. The van der Waals surface area contributed by atoms with Crippen molar-refractivity contribution in [3.05, 3.63) is 58.4 Å². The molecule has 160 valence electrons. The molecule has 4 radical (unpaired) electrons. The molecule has 1 aliphatic rings. The summed E-state index contributed by atoms with van der Waals surface area (Å²) in [6, 6.07) is 8.75. The molecule has 3 rings (SSSR count). The van der Waals surface area contributed by atoms with Crippen molar-refractivity contribution in [3.63, 3.8) is 0 Å². The lowest BCUT2D eigenvalue weighted by molar-refractivity contribution is -0.0376. The van der Waals surface area contributed by atoms with Gasteiger partial charge in [-0.3, -0.25) is 4.79 Å². The molecular weight excluding hydrogens is 418 g/mol. The van der Waals surface area contributed by atoms with Gasteiger partial charge in [0.25, 0.3) is 5.91 Å². The van der Waals surface area contributed by atoms with Crippen molar-refractivity contribution in [1.29, 1.82) is 0 Å². The summed E-state index contributed by atoms with van der Waals surface area (Å²) >= 11 is 6.07. The van der Waals surface area contributed by atoms with Crippen LogP contribution in [-0.4, -0.2) is 65.5 Å². The highest BCUT2D eigenvalue weighted by atomic mass is 35.5. The Hall–Kier alpha value is -2.22. The molecule has 3 N–H and O–H groups in total. The first kappa shape index (κ1) is 23.4. The summed E-state index contributed by atoms with van der Waals surface area (Å²) < 4.78 is 24.5. The number of anilines is 1. The normalized spacial score (nSPS) is 17.3. The Morgan fingerprint density at radius 1 is 1.39 bits per heavy atom. The van der Waals surface area contributed by atoms with Crippen LogP contribution in [0.15, 0.2) is 36.4 Å². The van der Waals surface area contributed by atoms with Crippen molar-refractivity contribution in [2.24, 2.45) is 0 Å². The number of halogens is 2. The molecule has 0 spiro atoms. The molecular formula is C21H23B2ClFN3O3. The zero-order valence-corrected chi connectivity index (χ0v) is 18.0. The van der Waals surface area contributed by atoms with Gasteiger partial charge in [-0.05, 0) is 36.0 Å². The average Bonchev–Trinajstić information content (AvgIpc) is 2.75. The maximum Gasteiger partial charge on any atom is 0.255 e. The molecule has 1 heterocycles. The van der Waals surface area contributed by atoms with E-state index in [0.29, 0.717) is 43.3 Å². The van der Waals surface area contributed by atoms with Gasteiger partial charge in [-0.25, -0.2) is 4.39 Å². The Morgan fingerprint density at radius 3 is 2.77 bits per heavy atom. The van der Waals surface area contributed by atoms with Gasteiger partial charge in [-0.15, -0.1) is 0 Å². The van der Waals surface area contributed by atoms with Gasteiger partial charge in [-0.1, -0.05) is 23.7 Å². The molecule has 1 amide bonds. The van der Waals surface area contributed by atoms with E-state index in [2.05, 4.69) is 5.32 Å². The number of nitrogens with two attached hydrogens (primary N) is 1. The molecule has 10 heteroatoms. The second kappa shape index (κ2) is 9.94. The van der Waals surface area contributed by atoms with Gasteiger partial charge in [0.15, 0.2) is 0 Å². The van der Waals surface area contributed by atoms with Crippen LogP contribution in [0.2, 0.25) is 5.02 Å². The highest BCUT2D eigenvalue weighted by Gasteiger charge is 2.32. The fourth-order valence-corrected chi connectivity index (χ4v) is 3.57. The third-order valence-corrected chi connectivity index (χ3v) is 5.43. The third-order valence-electron chi connectivity index (χ3n) is 5.10. The first-order valence-corrected chi connectivity index (χ1v) is 10.3. The van der Waals surface area contributed by atoms with Crippen LogP contribution in [0, 0.1) is 5.82 Å². The van der Waals surface area contributed by atoms with Crippen molar-refractivity contribution >= 4 is 38.9 Å². The predicted molar refractivity (Wildman–Crippen MR) is 120 cm³/mol. The molecule has 0 aromatic heterocycles. The Bertz CT molecular complexity index is 931.